The van der Waals surface area contributed by atoms with E-state index in [4.69, 9.17) is 5.11 Å². The van der Waals surface area contributed by atoms with Gasteiger partial charge in [-0.3, -0.25) is 4.79 Å². The quantitative estimate of drug-likeness (QED) is 0.719. The number of para-hydroxylation sites is 1. The summed E-state index contributed by atoms with van der Waals surface area (Å²) in [5.41, 5.74) is 3.25. The van der Waals surface area contributed by atoms with Crippen LogP contribution < -0.4 is 0 Å². The van der Waals surface area contributed by atoms with Gasteiger partial charge in [0.1, 0.15) is 0 Å². The lowest BCUT2D eigenvalue weighted by Gasteiger charge is -2.03. The summed E-state index contributed by atoms with van der Waals surface area (Å²) in [6.07, 6.45) is 8.22. The Morgan fingerprint density at radius 2 is 1.86 bits per heavy atom. The van der Waals surface area contributed by atoms with Crippen molar-refractivity contribution in [2.75, 3.05) is 0 Å². The normalized spacial score (nSPS) is 10.8. The summed E-state index contributed by atoms with van der Waals surface area (Å²) < 4.78 is 1.83. The van der Waals surface area contributed by atoms with Crippen molar-refractivity contribution in [1.29, 1.82) is 0 Å². The van der Waals surface area contributed by atoms with E-state index in [1.54, 1.807) is 0 Å². The number of hydrogen-bond acceptors (Lipinski definition) is 3. The van der Waals surface area contributed by atoms with Crippen molar-refractivity contribution < 1.29 is 9.90 Å². The van der Waals surface area contributed by atoms with Crippen LogP contribution in [-0.2, 0) is 11.2 Å². The number of hydrogen-bond donors (Lipinski definition) is 1. The Morgan fingerprint density at radius 3 is 2.64 bits per heavy atom. The fraction of sp³-hybridized carbons (Fsp3) is 0.471. The van der Waals surface area contributed by atoms with E-state index >= 15 is 0 Å². The molecule has 118 valence electrons. The van der Waals surface area contributed by atoms with E-state index in [-0.39, 0.29) is 6.42 Å². The number of carboxylic acids is 1. The summed E-state index contributed by atoms with van der Waals surface area (Å²) in [7, 11) is 0. The number of carboxylic acid groups (broad SMARTS) is 1. The molecule has 0 spiro atoms. The summed E-state index contributed by atoms with van der Waals surface area (Å²) in [6.45, 7) is 2.06. The van der Waals surface area contributed by atoms with Gasteiger partial charge in [0.05, 0.1) is 17.6 Å². The number of rotatable bonds is 9. The van der Waals surface area contributed by atoms with Crippen molar-refractivity contribution in [1.82, 2.24) is 15.0 Å². The second-order valence-electron chi connectivity index (χ2n) is 5.60. The Hall–Kier alpha value is -2.17. The highest BCUT2D eigenvalue weighted by atomic mass is 16.4. The van der Waals surface area contributed by atoms with Gasteiger partial charge in [-0.15, -0.1) is 5.10 Å². The Labute approximate surface area is 131 Å². The van der Waals surface area contributed by atoms with Gasteiger partial charge in [0.25, 0.3) is 0 Å². The molecule has 1 aromatic heterocycles. The molecule has 1 N–H and O–H groups in total. The van der Waals surface area contributed by atoms with E-state index in [0.717, 1.165) is 49.9 Å². The van der Waals surface area contributed by atoms with E-state index in [9.17, 15) is 4.79 Å². The third-order valence-electron chi connectivity index (χ3n) is 3.73. The molecule has 0 atom stereocenters. The SMILES string of the molecule is Cc1ccccc1-n1cc(CCCCCCCC(=O)O)nn1. The minimum Gasteiger partial charge on any atom is -0.481 e. The largest absolute Gasteiger partial charge is 0.481 e. The molecule has 0 amide bonds. The lowest BCUT2D eigenvalue weighted by molar-refractivity contribution is -0.137. The van der Waals surface area contributed by atoms with Crippen LogP contribution in [0.4, 0.5) is 0 Å². The van der Waals surface area contributed by atoms with Crippen molar-refractivity contribution in [2.45, 2.75) is 51.9 Å². The monoisotopic (exact) mass is 301 g/mol. The average Bonchev–Trinajstić information content (AvgIpc) is 2.95. The maximum atomic E-state index is 10.4. The van der Waals surface area contributed by atoms with Crippen molar-refractivity contribution in [3.8, 4) is 5.69 Å². The lowest BCUT2D eigenvalue weighted by atomic mass is 10.1. The molecule has 0 saturated carbocycles. The maximum Gasteiger partial charge on any atom is 0.303 e. The summed E-state index contributed by atoms with van der Waals surface area (Å²) >= 11 is 0. The Balaban J connectivity index is 1.72. The second kappa shape index (κ2) is 8.32. The van der Waals surface area contributed by atoms with Gasteiger partial charge in [-0.25, -0.2) is 4.68 Å². The zero-order chi connectivity index (χ0) is 15.8. The molecule has 0 aliphatic heterocycles. The molecule has 0 radical (unpaired) electrons. The van der Waals surface area contributed by atoms with Gasteiger partial charge in [-0.1, -0.05) is 42.7 Å². The Kier molecular flexibility index (Phi) is 6.13. The fourth-order valence-electron chi connectivity index (χ4n) is 2.46. The standard InChI is InChI=1S/C17H23N3O2/c1-14-9-7-8-11-16(14)20-13-15(18-19-20)10-5-3-2-4-6-12-17(21)22/h7-9,11,13H,2-6,10,12H2,1H3,(H,21,22). The Morgan fingerprint density at radius 1 is 1.14 bits per heavy atom. The molecule has 0 unspecified atom stereocenters. The second-order valence-corrected chi connectivity index (χ2v) is 5.60. The summed E-state index contributed by atoms with van der Waals surface area (Å²) in [5.74, 6) is -0.701. The van der Waals surface area contributed by atoms with E-state index in [2.05, 4.69) is 23.3 Å². The number of nitrogens with zero attached hydrogens (tertiary/aromatic N) is 3. The van der Waals surface area contributed by atoms with Crippen LogP contribution in [0.2, 0.25) is 0 Å². The van der Waals surface area contributed by atoms with E-state index < -0.39 is 5.97 Å². The minimum absolute atomic E-state index is 0.282. The molecule has 5 nitrogen and oxygen atoms in total. The first-order chi connectivity index (χ1) is 10.7. The molecule has 5 heteroatoms. The predicted molar refractivity (Wildman–Crippen MR) is 85.1 cm³/mol. The van der Waals surface area contributed by atoms with Crippen molar-refractivity contribution in [3.63, 3.8) is 0 Å². The van der Waals surface area contributed by atoms with Crippen LogP contribution in [0.1, 0.15) is 49.8 Å². The zero-order valence-electron chi connectivity index (χ0n) is 13.0. The van der Waals surface area contributed by atoms with Crippen LogP contribution >= 0.6 is 0 Å². The molecule has 2 aromatic rings. The topological polar surface area (TPSA) is 68.0 Å². The molecule has 0 aliphatic carbocycles. The van der Waals surface area contributed by atoms with Crippen LogP contribution in [0.5, 0.6) is 0 Å². The highest BCUT2D eigenvalue weighted by Gasteiger charge is 2.05. The van der Waals surface area contributed by atoms with Crippen molar-refractivity contribution >= 4 is 5.97 Å². The number of unbranched alkanes of at least 4 members (excludes halogenated alkanes) is 4. The first-order valence-electron chi connectivity index (χ1n) is 7.86. The Bertz CT molecular complexity index is 607. The van der Waals surface area contributed by atoms with E-state index in [1.165, 1.54) is 5.56 Å². The van der Waals surface area contributed by atoms with Crippen molar-refractivity contribution in [2.24, 2.45) is 0 Å². The highest BCUT2D eigenvalue weighted by molar-refractivity contribution is 5.66. The molecule has 0 saturated heterocycles. The number of aromatic nitrogens is 3. The van der Waals surface area contributed by atoms with Gasteiger partial charge in [0.2, 0.25) is 0 Å². The van der Waals surface area contributed by atoms with Gasteiger partial charge in [-0.05, 0) is 37.8 Å². The molecule has 0 bridgehead atoms. The van der Waals surface area contributed by atoms with Gasteiger partial charge in [0.15, 0.2) is 0 Å². The average molecular weight is 301 g/mol. The predicted octanol–water partition coefficient (Wildman–Crippen LogP) is 3.54. The fourth-order valence-corrected chi connectivity index (χ4v) is 2.46. The smallest absolute Gasteiger partial charge is 0.303 e. The zero-order valence-corrected chi connectivity index (χ0v) is 13.0. The first kappa shape index (κ1) is 16.2. The van der Waals surface area contributed by atoms with Gasteiger partial charge < -0.3 is 5.11 Å². The number of carbonyl (C=O) groups is 1. The molecular formula is C17H23N3O2. The van der Waals surface area contributed by atoms with Crippen LogP contribution in [0.3, 0.4) is 0 Å². The molecule has 0 aliphatic rings. The molecule has 1 aromatic carbocycles. The first-order valence-corrected chi connectivity index (χ1v) is 7.86. The number of aliphatic carboxylic acids is 1. The number of benzene rings is 1. The van der Waals surface area contributed by atoms with Crippen LogP contribution in [0, 0.1) is 6.92 Å². The van der Waals surface area contributed by atoms with Gasteiger partial charge >= 0.3 is 5.97 Å². The van der Waals surface area contributed by atoms with E-state index in [0.29, 0.717) is 0 Å². The molecule has 1 heterocycles. The van der Waals surface area contributed by atoms with Crippen LogP contribution in [-0.4, -0.2) is 26.1 Å². The van der Waals surface area contributed by atoms with E-state index in [1.807, 2.05) is 29.1 Å². The summed E-state index contributed by atoms with van der Waals surface area (Å²) in [5, 5.41) is 17.0. The van der Waals surface area contributed by atoms with Gasteiger partial charge in [-0.2, -0.15) is 0 Å². The maximum absolute atomic E-state index is 10.4. The lowest BCUT2D eigenvalue weighted by Crippen LogP contribution is -1.97. The van der Waals surface area contributed by atoms with Gasteiger partial charge in [0, 0.05) is 6.42 Å². The third-order valence-corrected chi connectivity index (χ3v) is 3.73. The molecular weight excluding hydrogens is 278 g/mol. The third kappa shape index (κ3) is 4.98. The minimum atomic E-state index is -0.701. The molecule has 22 heavy (non-hydrogen) atoms. The highest BCUT2D eigenvalue weighted by Crippen LogP contribution is 2.13. The van der Waals surface area contributed by atoms with Crippen LogP contribution in [0.25, 0.3) is 5.69 Å². The van der Waals surface area contributed by atoms with Crippen molar-refractivity contribution in [3.05, 3.63) is 41.7 Å². The molecule has 2 rings (SSSR count). The summed E-state index contributed by atoms with van der Waals surface area (Å²) in [6, 6.07) is 8.12. The van der Waals surface area contributed by atoms with Crippen LogP contribution in [0.15, 0.2) is 30.5 Å². The molecule has 0 fully saturated rings. The summed E-state index contributed by atoms with van der Waals surface area (Å²) in [4.78, 5) is 10.4. The number of aryl methyl sites for hydroxylation is 2.